The van der Waals surface area contributed by atoms with Crippen LogP contribution in [-0.2, 0) is 24.8 Å². The van der Waals surface area contributed by atoms with E-state index in [1.807, 2.05) is 37.3 Å². The van der Waals surface area contributed by atoms with Crippen molar-refractivity contribution in [3.8, 4) is 5.75 Å². The fraction of sp³-hybridized carbons (Fsp3) is 0.407. The summed E-state index contributed by atoms with van der Waals surface area (Å²) in [5, 5.41) is 11.6. The van der Waals surface area contributed by atoms with Crippen LogP contribution in [0, 0.1) is 3.57 Å². The van der Waals surface area contributed by atoms with Gasteiger partial charge in [0.2, 0.25) is 0 Å². The molecule has 1 N–H and O–H groups in total. The maximum Gasteiger partial charge on any atom is 0.356 e. The summed E-state index contributed by atoms with van der Waals surface area (Å²) in [5.41, 5.74) is 5.06. The summed E-state index contributed by atoms with van der Waals surface area (Å²) in [7, 11) is -3.43. The fourth-order valence-corrected chi connectivity index (χ4v) is 7.33. The highest BCUT2D eigenvalue weighted by Gasteiger charge is 2.36. The molecule has 2 aromatic carbocycles. The van der Waals surface area contributed by atoms with Crippen LogP contribution >= 0.6 is 53.4 Å². The number of phenolic OH excluding ortho intramolecular Hbond substituents is 1. The number of rotatable bonds is 7. The molecule has 194 valence electrons. The van der Waals surface area contributed by atoms with Gasteiger partial charge in [0.25, 0.3) is 0 Å². The molecule has 1 saturated heterocycles. The molecule has 1 aliphatic heterocycles. The molecule has 0 bridgehead atoms. The Labute approximate surface area is 236 Å². The molecule has 9 heteroatoms. The summed E-state index contributed by atoms with van der Waals surface area (Å²) in [6, 6.07) is 11.4. The second kappa shape index (κ2) is 11.9. The van der Waals surface area contributed by atoms with E-state index in [1.165, 1.54) is 0 Å². The Hall–Kier alpha value is -0.860. The monoisotopic (exact) mass is 662 g/mol. The number of benzene rings is 2. The average Bonchev–Trinajstić information content (AvgIpc) is 2.82. The molecule has 3 atom stereocenters. The molecule has 0 radical (unpaired) electrons. The Balaban J connectivity index is 1.41. The molecule has 4 rings (SSSR count). The second-order valence-electron chi connectivity index (χ2n) is 9.54. The van der Waals surface area contributed by atoms with Crippen molar-refractivity contribution in [1.29, 1.82) is 0 Å². The summed E-state index contributed by atoms with van der Waals surface area (Å²) >= 11 is 15.0. The van der Waals surface area contributed by atoms with Crippen LogP contribution < -0.4 is 0 Å². The lowest BCUT2D eigenvalue weighted by Gasteiger charge is -2.31. The van der Waals surface area contributed by atoms with E-state index in [2.05, 4.69) is 42.5 Å². The second-order valence-corrected chi connectivity index (χ2v) is 13.5. The standard InChI is InChI=1S/C27H30Cl2IO5P/c1-16(2)22-10-18(12-25(30)27(22)31)11-23-17(3)9-21(14-24(23)29)33-15-36(32)34-8-7-26(35-36)19-5-4-6-20(28)13-19/h4-6,10,12-14,16,21,26,31H,7-9,11,15H2,1-3H3/t21?,26-,36+/m0/s1. The highest BCUT2D eigenvalue weighted by Crippen LogP contribution is 2.56. The van der Waals surface area contributed by atoms with Gasteiger partial charge in [0.1, 0.15) is 12.1 Å². The molecule has 1 fully saturated rings. The predicted molar refractivity (Wildman–Crippen MR) is 153 cm³/mol. The lowest BCUT2D eigenvalue weighted by atomic mass is 9.90. The van der Waals surface area contributed by atoms with Gasteiger partial charge in [0, 0.05) is 16.5 Å². The van der Waals surface area contributed by atoms with Gasteiger partial charge in [-0.15, -0.1) is 0 Å². The van der Waals surface area contributed by atoms with E-state index in [0.29, 0.717) is 41.7 Å². The van der Waals surface area contributed by atoms with E-state index in [9.17, 15) is 9.67 Å². The molecular weight excluding hydrogens is 633 g/mol. The molecule has 1 aliphatic carbocycles. The number of halogens is 3. The highest BCUT2D eigenvalue weighted by molar-refractivity contribution is 14.1. The third kappa shape index (κ3) is 6.76. The smallest absolute Gasteiger partial charge is 0.356 e. The maximum atomic E-state index is 13.3. The van der Waals surface area contributed by atoms with Crippen molar-refractivity contribution in [2.24, 2.45) is 0 Å². The van der Waals surface area contributed by atoms with E-state index in [1.54, 1.807) is 6.07 Å². The van der Waals surface area contributed by atoms with Crippen molar-refractivity contribution < 1.29 is 23.5 Å². The van der Waals surface area contributed by atoms with Crippen LogP contribution in [0.5, 0.6) is 5.75 Å². The van der Waals surface area contributed by atoms with Crippen LogP contribution in [0.3, 0.4) is 0 Å². The van der Waals surface area contributed by atoms with Gasteiger partial charge >= 0.3 is 7.60 Å². The summed E-state index contributed by atoms with van der Waals surface area (Å²) in [4.78, 5) is 0. The van der Waals surface area contributed by atoms with Crippen LogP contribution in [0.4, 0.5) is 0 Å². The third-order valence-electron chi connectivity index (χ3n) is 6.42. The predicted octanol–water partition coefficient (Wildman–Crippen LogP) is 8.87. The lowest BCUT2D eigenvalue weighted by molar-refractivity contribution is 0.0453. The minimum Gasteiger partial charge on any atom is -0.507 e. The van der Waals surface area contributed by atoms with Gasteiger partial charge in [-0.25, -0.2) is 0 Å². The first-order valence-corrected chi connectivity index (χ1v) is 15.5. The molecule has 0 spiro atoms. The Morgan fingerprint density at radius 1 is 1.25 bits per heavy atom. The third-order valence-corrected chi connectivity index (χ3v) is 9.45. The zero-order chi connectivity index (χ0) is 26.0. The highest BCUT2D eigenvalue weighted by atomic mass is 127. The zero-order valence-corrected chi connectivity index (χ0v) is 25.0. The number of allylic oxidation sites excluding steroid dienone is 2. The number of hydrogen-bond acceptors (Lipinski definition) is 5. The van der Waals surface area contributed by atoms with E-state index in [0.717, 1.165) is 31.4 Å². The topological polar surface area (TPSA) is 65.0 Å². The largest absolute Gasteiger partial charge is 0.507 e. The first-order chi connectivity index (χ1) is 17.0. The van der Waals surface area contributed by atoms with Crippen LogP contribution in [0.15, 0.2) is 58.7 Å². The number of ether oxygens (including phenoxy) is 1. The van der Waals surface area contributed by atoms with Gasteiger partial charge in [0.15, 0.2) is 0 Å². The van der Waals surface area contributed by atoms with E-state index in [-0.39, 0.29) is 24.5 Å². The zero-order valence-electron chi connectivity index (χ0n) is 20.5. The first-order valence-electron chi connectivity index (χ1n) is 11.9. The van der Waals surface area contributed by atoms with Crippen molar-refractivity contribution in [2.75, 3.05) is 13.0 Å². The van der Waals surface area contributed by atoms with Gasteiger partial charge in [0.05, 0.1) is 22.4 Å². The van der Waals surface area contributed by atoms with E-state index in [4.69, 9.17) is 37.0 Å². The summed E-state index contributed by atoms with van der Waals surface area (Å²) in [5.74, 6) is 0.563. The van der Waals surface area contributed by atoms with Gasteiger partial charge in [-0.05, 0) is 94.8 Å². The Morgan fingerprint density at radius 2 is 2.03 bits per heavy atom. The summed E-state index contributed by atoms with van der Waals surface area (Å²) < 4.78 is 31.5. The van der Waals surface area contributed by atoms with Crippen LogP contribution in [0.2, 0.25) is 5.02 Å². The Bertz CT molecular complexity index is 1240. The fourth-order valence-electron chi connectivity index (χ4n) is 4.48. The van der Waals surface area contributed by atoms with Crippen LogP contribution in [0.25, 0.3) is 0 Å². The van der Waals surface area contributed by atoms with Gasteiger partial charge in [-0.1, -0.05) is 60.8 Å². The molecule has 1 unspecified atom stereocenters. The maximum absolute atomic E-state index is 13.3. The number of phenols is 1. The SMILES string of the molecule is CC1=C(Cc2cc(I)c(O)c(C(C)C)c2)C(Cl)=CC(OC[P@@]2(=O)OCC[C@@H](c3cccc(Cl)c3)O2)C1. The molecule has 0 saturated carbocycles. The molecule has 0 amide bonds. The van der Waals surface area contributed by atoms with Crippen molar-refractivity contribution >= 4 is 53.4 Å². The van der Waals surface area contributed by atoms with Crippen molar-refractivity contribution in [2.45, 2.75) is 58.2 Å². The normalized spacial score (nSPS) is 24.8. The van der Waals surface area contributed by atoms with Crippen LogP contribution in [-0.4, -0.2) is 24.2 Å². The molecule has 5 nitrogen and oxygen atoms in total. The number of aromatic hydroxyl groups is 1. The number of hydrogen-bond donors (Lipinski definition) is 1. The summed E-state index contributed by atoms with van der Waals surface area (Å²) in [6.07, 6.45) is 2.94. The van der Waals surface area contributed by atoms with Gasteiger partial charge in [-0.3, -0.25) is 9.09 Å². The molecule has 2 aromatic rings. The van der Waals surface area contributed by atoms with Crippen molar-refractivity contribution in [3.05, 3.63) is 83.9 Å². The minimum absolute atomic E-state index is 0.147. The Morgan fingerprint density at radius 3 is 2.72 bits per heavy atom. The molecule has 0 aromatic heterocycles. The quantitative estimate of drug-likeness (QED) is 0.237. The van der Waals surface area contributed by atoms with Gasteiger partial charge in [-0.2, -0.15) is 0 Å². The first kappa shape index (κ1) is 28.2. The molecular formula is C27H30Cl2IO5P. The molecule has 1 heterocycles. The Kier molecular flexibility index (Phi) is 9.30. The lowest BCUT2D eigenvalue weighted by Crippen LogP contribution is -2.21. The van der Waals surface area contributed by atoms with Crippen LogP contribution in [0.1, 0.15) is 62.3 Å². The van der Waals surface area contributed by atoms with Crippen molar-refractivity contribution in [3.63, 3.8) is 0 Å². The van der Waals surface area contributed by atoms with Crippen molar-refractivity contribution in [1.82, 2.24) is 0 Å². The van der Waals surface area contributed by atoms with E-state index >= 15 is 0 Å². The summed E-state index contributed by atoms with van der Waals surface area (Å²) in [6.45, 7) is 6.50. The average molecular weight is 663 g/mol. The molecule has 2 aliphatic rings. The van der Waals surface area contributed by atoms with Gasteiger partial charge < -0.3 is 14.4 Å². The minimum atomic E-state index is -3.43. The van der Waals surface area contributed by atoms with E-state index < -0.39 is 7.60 Å². The molecule has 36 heavy (non-hydrogen) atoms.